The van der Waals surface area contributed by atoms with Gasteiger partial charge in [0.25, 0.3) is 11.5 Å². The monoisotopic (exact) mass is 379 g/mol. The zero-order valence-corrected chi connectivity index (χ0v) is 15.4. The van der Waals surface area contributed by atoms with Crippen LogP contribution >= 0.6 is 11.3 Å². The van der Waals surface area contributed by atoms with E-state index in [0.29, 0.717) is 12.2 Å². The smallest absolute Gasteiger partial charge is 0.276 e. The standard InChI is InChI=1S/C19H17N5O2S/c1-2-9-24-17(25)8-7-15(22-24)18(26)20-14-5-3-13(4-6-14)16-12-23-10-11-27-19(23)21-16/h3-8,10-12H,2,9H2,1H3,(H,20,26). The summed E-state index contributed by atoms with van der Waals surface area (Å²) >= 11 is 1.58. The maximum atomic E-state index is 12.4. The normalized spacial score (nSPS) is 11.0. The fourth-order valence-electron chi connectivity index (χ4n) is 2.73. The summed E-state index contributed by atoms with van der Waals surface area (Å²) in [7, 11) is 0. The average Bonchev–Trinajstić information content (AvgIpc) is 3.26. The number of nitrogens with one attached hydrogen (secondary N) is 1. The van der Waals surface area contributed by atoms with Crippen LogP contribution in [0, 0.1) is 0 Å². The topological polar surface area (TPSA) is 81.3 Å². The largest absolute Gasteiger partial charge is 0.321 e. The SMILES string of the molecule is CCCn1nc(C(=O)Nc2ccc(-c3cn4ccsc4n3)cc2)ccc1=O. The van der Waals surface area contributed by atoms with E-state index in [-0.39, 0.29) is 17.2 Å². The second-order valence-corrected chi connectivity index (χ2v) is 6.90. The minimum atomic E-state index is -0.352. The Hall–Kier alpha value is -3.26. The maximum Gasteiger partial charge on any atom is 0.276 e. The number of aryl methyl sites for hydroxylation is 1. The van der Waals surface area contributed by atoms with E-state index in [1.54, 1.807) is 11.3 Å². The molecule has 0 fully saturated rings. The number of fused-ring (bicyclic) bond motifs is 1. The molecule has 1 aromatic carbocycles. The van der Waals surface area contributed by atoms with E-state index >= 15 is 0 Å². The van der Waals surface area contributed by atoms with Crippen molar-refractivity contribution < 1.29 is 4.79 Å². The molecule has 7 nitrogen and oxygen atoms in total. The highest BCUT2D eigenvalue weighted by atomic mass is 32.1. The first-order valence-electron chi connectivity index (χ1n) is 8.56. The lowest BCUT2D eigenvalue weighted by Crippen LogP contribution is -2.26. The second kappa shape index (κ2) is 7.16. The molecule has 0 spiro atoms. The van der Waals surface area contributed by atoms with Gasteiger partial charge in [-0.3, -0.25) is 14.0 Å². The molecular weight excluding hydrogens is 362 g/mol. The number of anilines is 1. The van der Waals surface area contributed by atoms with E-state index in [1.165, 1.54) is 16.8 Å². The molecule has 1 amide bonds. The Balaban J connectivity index is 1.51. The number of carbonyl (C=O) groups is 1. The predicted octanol–water partition coefficient (Wildman–Crippen LogP) is 3.28. The molecule has 0 aliphatic heterocycles. The molecule has 0 atom stereocenters. The van der Waals surface area contributed by atoms with Gasteiger partial charge in [0.2, 0.25) is 0 Å². The first-order valence-corrected chi connectivity index (χ1v) is 9.44. The summed E-state index contributed by atoms with van der Waals surface area (Å²) < 4.78 is 3.29. The van der Waals surface area contributed by atoms with Crippen LogP contribution in [0.2, 0.25) is 0 Å². The van der Waals surface area contributed by atoms with Crippen LogP contribution in [0.5, 0.6) is 0 Å². The van der Waals surface area contributed by atoms with Gasteiger partial charge in [-0.2, -0.15) is 5.10 Å². The zero-order valence-electron chi connectivity index (χ0n) is 14.6. The van der Waals surface area contributed by atoms with Gasteiger partial charge in [-0.05, 0) is 24.6 Å². The molecule has 3 heterocycles. The molecule has 8 heteroatoms. The molecule has 0 unspecified atom stereocenters. The van der Waals surface area contributed by atoms with Crippen molar-refractivity contribution in [2.45, 2.75) is 19.9 Å². The number of benzene rings is 1. The number of rotatable bonds is 5. The van der Waals surface area contributed by atoms with Crippen LogP contribution < -0.4 is 10.9 Å². The van der Waals surface area contributed by atoms with Crippen LogP contribution in [-0.2, 0) is 6.54 Å². The summed E-state index contributed by atoms with van der Waals surface area (Å²) in [4.78, 5) is 29.6. The Bertz CT molecular complexity index is 1130. The number of imidazole rings is 1. The van der Waals surface area contributed by atoms with E-state index < -0.39 is 0 Å². The van der Waals surface area contributed by atoms with Gasteiger partial charge in [0.1, 0.15) is 5.69 Å². The molecule has 0 saturated carbocycles. The van der Waals surface area contributed by atoms with Crippen molar-refractivity contribution in [2.75, 3.05) is 5.32 Å². The highest BCUT2D eigenvalue weighted by Gasteiger charge is 2.11. The molecule has 136 valence electrons. The number of nitrogens with zero attached hydrogens (tertiary/aromatic N) is 4. The Morgan fingerprint density at radius 3 is 2.74 bits per heavy atom. The Morgan fingerprint density at radius 2 is 2.00 bits per heavy atom. The lowest BCUT2D eigenvalue weighted by Gasteiger charge is -2.07. The van der Waals surface area contributed by atoms with Crippen molar-refractivity contribution in [1.82, 2.24) is 19.2 Å². The van der Waals surface area contributed by atoms with Gasteiger partial charge in [-0.1, -0.05) is 19.1 Å². The first kappa shape index (κ1) is 17.2. The Morgan fingerprint density at radius 1 is 1.19 bits per heavy atom. The third-order valence-corrected chi connectivity index (χ3v) is 4.84. The van der Waals surface area contributed by atoms with Crippen molar-refractivity contribution in [3.8, 4) is 11.3 Å². The summed E-state index contributed by atoms with van der Waals surface area (Å²) in [6, 6.07) is 10.3. The lowest BCUT2D eigenvalue weighted by atomic mass is 10.1. The zero-order chi connectivity index (χ0) is 18.8. The molecule has 0 aliphatic carbocycles. The molecule has 0 radical (unpaired) electrons. The summed E-state index contributed by atoms with van der Waals surface area (Å²) in [6.07, 6.45) is 4.71. The average molecular weight is 379 g/mol. The van der Waals surface area contributed by atoms with Crippen molar-refractivity contribution in [1.29, 1.82) is 0 Å². The van der Waals surface area contributed by atoms with Gasteiger partial charge >= 0.3 is 0 Å². The lowest BCUT2D eigenvalue weighted by molar-refractivity contribution is 0.102. The molecule has 0 aliphatic rings. The van der Waals surface area contributed by atoms with Crippen molar-refractivity contribution in [3.05, 3.63) is 70.2 Å². The van der Waals surface area contributed by atoms with Gasteiger partial charge in [0, 0.05) is 41.6 Å². The van der Waals surface area contributed by atoms with Crippen LogP contribution in [0.3, 0.4) is 0 Å². The molecular formula is C19H17N5O2S. The van der Waals surface area contributed by atoms with E-state index in [9.17, 15) is 9.59 Å². The van der Waals surface area contributed by atoms with Crippen LogP contribution in [0.4, 0.5) is 5.69 Å². The van der Waals surface area contributed by atoms with E-state index in [2.05, 4.69) is 15.4 Å². The molecule has 27 heavy (non-hydrogen) atoms. The minimum Gasteiger partial charge on any atom is -0.321 e. The summed E-state index contributed by atoms with van der Waals surface area (Å²) in [5.74, 6) is -0.352. The van der Waals surface area contributed by atoms with Crippen LogP contribution in [0.15, 0.2) is 59.0 Å². The molecule has 1 N–H and O–H groups in total. The van der Waals surface area contributed by atoms with Gasteiger partial charge in [0.05, 0.1) is 5.69 Å². The Kier molecular flexibility index (Phi) is 4.55. The minimum absolute atomic E-state index is 0.210. The fraction of sp³-hybridized carbons (Fsp3) is 0.158. The van der Waals surface area contributed by atoms with Crippen molar-refractivity contribution >= 4 is 27.9 Å². The van der Waals surface area contributed by atoms with E-state index in [4.69, 9.17) is 0 Å². The second-order valence-electron chi connectivity index (χ2n) is 6.03. The number of carbonyl (C=O) groups excluding carboxylic acids is 1. The molecule has 4 rings (SSSR count). The third kappa shape index (κ3) is 3.52. The fourth-order valence-corrected chi connectivity index (χ4v) is 3.43. The van der Waals surface area contributed by atoms with Gasteiger partial charge in [-0.25, -0.2) is 9.67 Å². The number of aromatic nitrogens is 4. The molecule has 4 aromatic rings. The number of hydrogen-bond acceptors (Lipinski definition) is 5. The highest BCUT2D eigenvalue weighted by molar-refractivity contribution is 7.15. The molecule has 3 aromatic heterocycles. The van der Waals surface area contributed by atoms with Crippen LogP contribution in [0.25, 0.3) is 16.2 Å². The van der Waals surface area contributed by atoms with E-state index in [0.717, 1.165) is 22.6 Å². The number of thiazole rings is 1. The predicted molar refractivity (Wildman–Crippen MR) is 105 cm³/mol. The number of hydrogen-bond donors (Lipinski definition) is 1. The number of amides is 1. The van der Waals surface area contributed by atoms with Gasteiger partial charge in [-0.15, -0.1) is 11.3 Å². The van der Waals surface area contributed by atoms with Crippen LogP contribution in [-0.4, -0.2) is 25.1 Å². The third-order valence-electron chi connectivity index (χ3n) is 4.07. The molecule has 0 saturated heterocycles. The van der Waals surface area contributed by atoms with E-state index in [1.807, 2.05) is 53.4 Å². The van der Waals surface area contributed by atoms with Gasteiger partial charge < -0.3 is 5.32 Å². The van der Waals surface area contributed by atoms with Gasteiger partial charge in [0.15, 0.2) is 4.96 Å². The summed E-state index contributed by atoms with van der Waals surface area (Å²) in [6.45, 7) is 2.43. The van der Waals surface area contributed by atoms with Crippen LogP contribution in [0.1, 0.15) is 23.8 Å². The summed E-state index contributed by atoms with van der Waals surface area (Å²) in [5, 5.41) is 8.92. The maximum absolute atomic E-state index is 12.4. The highest BCUT2D eigenvalue weighted by Crippen LogP contribution is 2.23. The summed E-state index contributed by atoms with van der Waals surface area (Å²) in [5.41, 5.74) is 2.51. The first-order chi connectivity index (χ1) is 13.1. The quantitative estimate of drug-likeness (QED) is 0.577. The van der Waals surface area contributed by atoms with Crippen molar-refractivity contribution in [2.24, 2.45) is 0 Å². The van der Waals surface area contributed by atoms with Crippen molar-refractivity contribution in [3.63, 3.8) is 0 Å². The Labute approximate surface area is 158 Å². The molecule has 0 bridgehead atoms.